The zero-order valence-corrected chi connectivity index (χ0v) is 17.5. The van der Waals surface area contributed by atoms with Crippen molar-refractivity contribution in [1.82, 2.24) is 14.8 Å². The van der Waals surface area contributed by atoms with E-state index in [2.05, 4.69) is 4.98 Å². The Morgan fingerprint density at radius 1 is 1.13 bits per heavy atom. The van der Waals surface area contributed by atoms with E-state index >= 15 is 0 Å². The number of likely N-dealkylation sites (tertiary alicyclic amines) is 1. The number of amides is 1. The molecule has 0 saturated carbocycles. The molecule has 1 N–H and O–H groups in total. The summed E-state index contributed by atoms with van der Waals surface area (Å²) in [6.45, 7) is 3.64. The van der Waals surface area contributed by atoms with Crippen molar-refractivity contribution in [2.45, 2.75) is 19.4 Å². The Balaban J connectivity index is 2.05. The second kappa shape index (κ2) is 9.54. The first-order valence-corrected chi connectivity index (χ1v) is 10.00. The zero-order chi connectivity index (χ0) is 21.7. The van der Waals surface area contributed by atoms with Gasteiger partial charge in [-0.2, -0.15) is 0 Å². The molecule has 1 aromatic carbocycles. The number of Topliss-reactive ketones (excluding diaryl/α,β-unsaturated/α-hetero) is 1. The highest BCUT2D eigenvalue weighted by atomic mass is 16.5. The Labute approximate surface area is 176 Å². The van der Waals surface area contributed by atoms with Crippen LogP contribution in [0.25, 0.3) is 5.76 Å². The first-order valence-electron chi connectivity index (χ1n) is 10.00. The molecule has 1 unspecified atom stereocenters. The number of aromatic nitrogens is 1. The van der Waals surface area contributed by atoms with Crippen molar-refractivity contribution in [2.24, 2.45) is 0 Å². The molecule has 1 aliphatic rings. The minimum Gasteiger partial charge on any atom is -0.507 e. The van der Waals surface area contributed by atoms with Crippen LogP contribution >= 0.6 is 0 Å². The first-order chi connectivity index (χ1) is 14.4. The Morgan fingerprint density at radius 2 is 1.80 bits per heavy atom. The molecular weight excluding hydrogens is 382 g/mol. The summed E-state index contributed by atoms with van der Waals surface area (Å²) in [6.07, 6.45) is 3.78. The molecule has 1 amide bonds. The van der Waals surface area contributed by atoms with Crippen LogP contribution < -0.4 is 4.74 Å². The highest BCUT2D eigenvalue weighted by molar-refractivity contribution is 6.46. The van der Waals surface area contributed by atoms with Gasteiger partial charge in [0, 0.05) is 24.5 Å². The molecule has 7 nitrogen and oxygen atoms in total. The van der Waals surface area contributed by atoms with E-state index < -0.39 is 17.7 Å². The quantitative estimate of drug-likeness (QED) is 0.410. The van der Waals surface area contributed by atoms with Crippen molar-refractivity contribution in [1.29, 1.82) is 0 Å². The topological polar surface area (TPSA) is 83.0 Å². The number of carbonyl (C=O) groups is 2. The summed E-state index contributed by atoms with van der Waals surface area (Å²) in [7, 11) is 3.92. The number of aliphatic hydroxyl groups excluding tert-OH is 1. The van der Waals surface area contributed by atoms with E-state index in [0.29, 0.717) is 30.9 Å². The molecule has 3 rings (SSSR count). The van der Waals surface area contributed by atoms with Crippen LogP contribution in [0.3, 0.4) is 0 Å². The second-order valence-electron chi connectivity index (χ2n) is 7.39. The molecule has 0 spiro atoms. The molecular formula is C23H27N3O4. The summed E-state index contributed by atoms with van der Waals surface area (Å²) < 4.78 is 5.51. The highest BCUT2D eigenvalue weighted by Gasteiger charge is 2.45. The van der Waals surface area contributed by atoms with Gasteiger partial charge < -0.3 is 19.6 Å². The maximum atomic E-state index is 12.9. The number of benzene rings is 1. The third kappa shape index (κ3) is 4.52. The molecule has 7 heteroatoms. The minimum atomic E-state index is -0.673. The van der Waals surface area contributed by atoms with Gasteiger partial charge in [0.2, 0.25) is 0 Å². The maximum Gasteiger partial charge on any atom is 0.295 e. The molecule has 158 valence electrons. The molecule has 1 atom stereocenters. The number of ketones is 1. The number of pyridine rings is 1. The molecule has 1 aromatic heterocycles. The van der Waals surface area contributed by atoms with Gasteiger partial charge in [0.1, 0.15) is 11.5 Å². The first kappa shape index (κ1) is 21.5. The molecule has 1 saturated heterocycles. The Hall–Kier alpha value is -3.19. The lowest BCUT2D eigenvalue weighted by Crippen LogP contribution is -2.32. The van der Waals surface area contributed by atoms with Crippen molar-refractivity contribution in [2.75, 3.05) is 33.8 Å². The summed E-state index contributed by atoms with van der Waals surface area (Å²) in [4.78, 5) is 33.3. The number of hydrogen-bond donors (Lipinski definition) is 1. The van der Waals surface area contributed by atoms with Gasteiger partial charge in [-0.1, -0.05) is 12.1 Å². The standard InChI is InChI=1S/C23H27N3O4/c1-4-30-18-8-6-16(7-9-18)20-19(21(27)17-10-12-24-13-11-17)22(28)23(29)26(20)15-5-14-25(2)3/h6-13,20,27H,4-5,14-15H2,1-3H3/b21-19-. The molecule has 1 aliphatic heterocycles. The van der Waals surface area contributed by atoms with Crippen LogP contribution in [0.2, 0.25) is 0 Å². The van der Waals surface area contributed by atoms with Gasteiger partial charge in [-0.05, 0) is 63.8 Å². The molecule has 0 aliphatic carbocycles. The largest absolute Gasteiger partial charge is 0.507 e. The highest BCUT2D eigenvalue weighted by Crippen LogP contribution is 2.39. The normalized spacial score (nSPS) is 18.3. The lowest BCUT2D eigenvalue weighted by atomic mass is 9.95. The SMILES string of the molecule is CCOc1ccc(C2/C(=C(/O)c3ccncc3)C(=O)C(=O)N2CCCN(C)C)cc1. The number of carbonyl (C=O) groups excluding carboxylic acids is 2. The second-order valence-corrected chi connectivity index (χ2v) is 7.39. The lowest BCUT2D eigenvalue weighted by Gasteiger charge is -2.26. The van der Waals surface area contributed by atoms with Crippen LogP contribution in [-0.4, -0.2) is 65.4 Å². The molecule has 0 radical (unpaired) electrons. The number of ether oxygens (including phenoxy) is 1. The fraction of sp³-hybridized carbons (Fsp3) is 0.348. The Morgan fingerprint density at radius 3 is 2.40 bits per heavy atom. The minimum absolute atomic E-state index is 0.0974. The van der Waals surface area contributed by atoms with Crippen molar-refractivity contribution in [3.05, 3.63) is 65.5 Å². The van der Waals surface area contributed by atoms with Crippen LogP contribution in [0, 0.1) is 0 Å². The van der Waals surface area contributed by atoms with Crippen LogP contribution in [0.5, 0.6) is 5.75 Å². The fourth-order valence-corrected chi connectivity index (χ4v) is 3.59. The molecule has 2 aromatic rings. The summed E-state index contributed by atoms with van der Waals surface area (Å²) in [5.74, 6) is -0.749. The van der Waals surface area contributed by atoms with Gasteiger partial charge in [-0.15, -0.1) is 0 Å². The summed E-state index contributed by atoms with van der Waals surface area (Å²) >= 11 is 0. The average Bonchev–Trinajstić information content (AvgIpc) is 2.99. The van der Waals surface area contributed by atoms with Gasteiger partial charge in [0.05, 0.1) is 18.2 Å². The monoisotopic (exact) mass is 409 g/mol. The average molecular weight is 409 g/mol. The summed E-state index contributed by atoms with van der Waals surface area (Å²) in [6, 6.07) is 9.86. The lowest BCUT2D eigenvalue weighted by molar-refractivity contribution is -0.139. The van der Waals surface area contributed by atoms with Crippen LogP contribution in [-0.2, 0) is 9.59 Å². The predicted octanol–water partition coefficient (Wildman–Crippen LogP) is 2.85. The molecule has 30 heavy (non-hydrogen) atoms. The van der Waals surface area contributed by atoms with Crippen LogP contribution in [0.4, 0.5) is 0 Å². The van der Waals surface area contributed by atoms with Gasteiger partial charge in [-0.3, -0.25) is 14.6 Å². The van der Waals surface area contributed by atoms with E-state index in [1.165, 1.54) is 12.4 Å². The molecule has 1 fully saturated rings. The molecule has 0 bridgehead atoms. The van der Waals surface area contributed by atoms with E-state index in [1.54, 1.807) is 17.0 Å². The molecule has 2 heterocycles. The zero-order valence-electron chi connectivity index (χ0n) is 17.5. The van der Waals surface area contributed by atoms with Crippen molar-refractivity contribution in [3.8, 4) is 5.75 Å². The number of hydrogen-bond acceptors (Lipinski definition) is 6. The number of rotatable bonds is 8. The maximum absolute atomic E-state index is 12.9. The van der Waals surface area contributed by atoms with Crippen LogP contribution in [0.15, 0.2) is 54.4 Å². The van der Waals surface area contributed by atoms with Gasteiger partial charge in [0.15, 0.2) is 0 Å². The smallest absolute Gasteiger partial charge is 0.295 e. The van der Waals surface area contributed by atoms with E-state index in [9.17, 15) is 14.7 Å². The van der Waals surface area contributed by atoms with Gasteiger partial charge in [0.25, 0.3) is 11.7 Å². The van der Waals surface area contributed by atoms with Gasteiger partial charge in [-0.25, -0.2) is 0 Å². The number of nitrogens with zero attached hydrogens (tertiary/aromatic N) is 3. The van der Waals surface area contributed by atoms with Gasteiger partial charge >= 0.3 is 0 Å². The summed E-state index contributed by atoms with van der Waals surface area (Å²) in [5, 5.41) is 10.9. The predicted molar refractivity (Wildman–Crippen MR) is 114 cm³/mol. The van der Waals surface area contributed by atoms with E-state index in [1.807, 2.05) is 50.2 Å². The fourth-order valence-electron chi connectivity index (χ4n) is 3.59. The Bertz CT molecular complexity index is 923. The third-order valence-electron chi connectivity index (χ3n) is 5.00. The van der Waals surface area contributed by atoms with Crippen molar-refractivity contribution < 1.29 is 19.4 Å². The third-order valence-corrected chi connectivity index (χ3v) is 5.00. The summed E-state index contributed by atoms with van der Waals surface area (Å²) in [5.41, 5.74) is 1.30. The Kier molecular flexibility index (Phi) is 6.84. The van der Waals surface area contributed by atoms with Crippen LogP contribution in [0.1, 0.15) is 30.5 Å². The van der Waals surface area contributed by atoms with E-state index in [4.69, 9.17) is 4.74 Å². The number of aliphatic hydroxyl groups is 1. The van der Waals surface area contributed by atoms with Crippen molar-refractivity contribution >= 4 is 17.4 Å². The van der Waals surface area contributed by atoms with E-state index in [-0.39, 0.29) is 11.3 Å². The van der Waals surface area contributed by atoms with Crippen molar-refractivity contribution in [3.63, 3.8) is 0 Å². The van der Waals surface area contributed by atoms with E-state index in [0.717, 1.165) is 12.1 Å².